The van der Waals surface area contributed by atoms with Crippen LogP contribution in [0.1, 0.15) is 13.3 Å². The van der Waals surface area contributed by atoms with Gasteiger partial charge in [-0.15, -0.1) is 0 Å². The lowest BCUT2D eigenvalue weighted by Crippen LogP contribution is -2.61. The van der Waals surface area contributed by atoms with E-state index in [0.717, 1.165) is 0 Å². The Morgan fingerprint density at radius 1 is 1.05 bits per heavy atom. The van der Waals surface area contributed by atoms with E-state index in [9.17, 15) is 31.1 Å². The molecule has 0 N–H and O–H groups in total. The summed E-state index contributed by atoms with van der Waals surface area (Å²) in [5.74, 6) is -1.95. The molecule has 9 heteroatoms. The van der Waals surface area contributed by atoms with Gasteiger partial charge in [0.25, 0.3) is 0 Å². The van der Waals surface area contributed by atoms with Crippen LogP contribution in [-0.2, 0) is 9.53 Å². The van der Waals surface area contributed by atoms with Crippen LogP contribution in [0.25, 0.3) is 0 Å². The second-order valence-corrected chi connectivity index (χ2v) is 4.16. The number of carbonyl (C=O) groups excluding carboxylic acids is 1. The highest BCUT2D eigenvalue weighted by atomic mass is 19.4. The van der Waals surface area contributed by atoms with E-state index in [2.05, 4.69) is 0 Å². The molecule has 112 valence electrons. The van der Waals surface area contributed by atoms with Crippen molar-refractivity contribution < 1.29 is 35.9 Å². The van der Waals surface area contributed by atoms with Crippen LogP contribution >= 0.6 is 0 Å². The molecule has 19 heavy (non-hydrogen) atoms. The molecular formula is C10H13F6NO2. The normalized spacial score (nSPS) is 18.6. The van der Waals surface area contributed by atoms with Gasteiger partial charge in [-0.05, 0) is 6.42 Å². The van der Waals surface area contributed by atoms with Crippen LogP contribution in [0.5, 0.6) is 0 Å². The van der Waals surface area contributed by atoms with Crippen LogP contribution in [-0.4, -0.2) is 49.5 Å². The molecule has 0 spiro atoms. The maximum Gasteiger partial charge on any atom is 0.412 e. The number of hydrogen-bond acceptors (Lipinski definition) is 2. The largest absolute Gasteiger partial charge is 0.412 e. The zero-order valence-corrected chi connectivity index (χ0v) is 10.1. The van der Waals surface area contributed by atoms with Crippen molar-refractivity contribution in [2.24, 2.45) is 5.41 Å². The molecule has 0 aromatic heterocycles. The van der Waals surface area contributed by atoms with Gasteiger partial charge in [0.05, 0.1) is 13.2 Å². The van der Waals surface area contributed by atoms with Crippen LogP contribution in [0.3, 0.4) is 0 Å². The van der Waals surface area contributed by atoms with E-state index < -0.39 is 30.1 Å². The van der Waals surface area contributed by atoms with Gasteiger partial charge >= 0.3 is 12.4 Å². The quantitative estimate of drug-likeness (QED) is 0.732. The van der Waals surface area contributed by atoms with E-state index in [4.69, 9.17) is 4.74 Å². The van der Waals surface area contributed by atoms with Crippen LogP contribution in [0, 0.1) is 5.41 Å². The average Bonchev–Trinajstić information content (AvgIpc) is 2.27. The van der Waals surface area contributed by atoms with E-state index in [1.165, 1.54) is 0 Å². The molecule has 1 aliphatic heterocycles. The monoisotopic (exact) mass is 293 g/mol. The SMILES string of the molecule is CCC(C(=O)N1CCOCC1)(C(F)(F)F)C(F)(F)F. The van der Waals surface area contributed by atoms with Gasteiger partial charge in [0, 0.05) is 13.1 Å². The standard InChI is InChI=1S/C10H13F6NO2/c1-2-8(9(11,12)13,10(14,15)16)7(18)17-3-5-19-6-4-17/h2-6H2,1H3. The zero-order valence-electron chi connectivity index (χ0n) is 10.1. The van der Waals surface area contributed by atoms with Gasteiger partial charge in [-0.3, -0.25) is 4.79 Å². The molecule has 0 aromatic carbocycles. The highest BCUT2D eigenvalue weighted by Crippen LogP contribution is 2.53. The first kappa shape index (κ1) is 16.1. The number of halogens is 6. The third-order valence-electron chi connectivity index (χ3n) is 3.16. The minimum absolute atomic E-state index is 0.0682. The van der Waals surface area contributed by atoms with Crippen molar-refractivity contribution in [3.05, 3.63) is 0 Å². The molecule has 1 amide bonds. The molecule has 0 saturated carbocycles. The second kappa shape index (κ2) is 5.18. The average molecular weight is 293 g/mol. The Hall–Kier alpha value is -0.990. The van der Waals surface area contributed by atoms with E-state index in [-0.39, 0.29) is 26.3 Å². The minimum Gasteiger partial charge on any atom is -0.378 e. The Morgan fingerprint density at radius 2 is 1.47 bits per heavy atom. The molecule has 0 bridgehead atoms. The summed E-state index contributed by atoms with van der Waals surface area (Å²) in [6.07, 6.45) is -12.7. The van der Waals surface area contributed by atoms with E-state index >= 15 is 0 Å². The Morgan fingerprint density at radius 3 is 1.79 bits per heavy atom. The fourth-order valence-electron chi connectivity index (χ4n) is 1.99. The number of morpholine rings is 1. The second-order valence-electron chi connectivity index (χ2n) is 4.16. The maximum atomic E-state index is 12.9. The van der Waals surface area contributed by atoms with Gasteiger partial charge in [0.1, 0.15) is 0 Å². The third kappa shape index (κ3) is 2.65. The van der Waals surface area contributed by atoms with E-state index in [1.54, 1.807) is 0 Å². The molecule has 1 fully saturated rings. The van der Waals surface area contributed by atoms with Crippen molar-refractivity contribution in [1.82, 2.24) is 4.90 Å². The molecule has 3 nitrogen and oxygen atoms in total. The lowest BCUT2D eigenvalue weighted by atomic mass is 9.81. The van der Waals surface area contributed by atoms with Crippen LogP contribution in [0.2, 0.25) is 0 Å². The zero-order chi connectivity index (χ0) is 14.9. The van der Waals surface area contributed by atoms with Gasteiger partial charge in [0.15, 0.2) is 0 Å². The van der Waals surface area contributed by atoms with Crippen molar-refractivity contribution in [3.63, 3.8) is 0 Å². The fourth-order valence-corrected chi connectivity index (χ4v) is 1.99. The summed E-state index contributed by atoms with van der Waals surface area (Å²) in [6.45, 7) is 0.0291. The van der Waals surface area contributed by atoms with Crippen molar-refractivity contribution in [2.45, 2.75) is 25.7 Å². The van der Waals surface area contributed by atoms with Gasteiger partial charge in [-0.1, -0.05) is 6.92 Å². The summed E-state index contributed by atoms with van der Waals surface area (Å²) < 4.78 is 82.1. The molecule has 0 aliphatic carbocycles. The highest BCUT2D eigenvalue weighted by Gasteiger charge is 2.74. The van der Waals surface area contributed by atoms with E-state index in [0.29, 0.717) is 11.8 Å². The number of hydrogen-bond donors (Lipinski definition) is 0. The Balaban J connectivity index is 3.19. The molecule has 1 heterocycles. The number of ether oxygens (including phenoxy) is 1. The lowest BCUT2D eigenvalue weighted by molar-refractivity contribution is -0.329. The number of nitrogens with zero attached hydrogens (tertiary/aromatic N) is 1. The van der Waals surface area contributed by atoms with Crippen LogP contribution in [0.15, 0.2) is 0 Å². The number of carbonyl (C=O) groups is 1. The first-order valence-electron chi connectivity index (χ1n) is 5.58. The number of rotatable bonds is 2. The minimum atomic E-state index is -5.69. The Labute approximate surface area is 105 Å². The lowest BCUT2D eigenvalue weighted by Gasteiger charge is -2.40. The summed E-state index contributed by atoms with van der Waals surface area (Å²) in [5.41, 5.74) is -4.34. The first-order chi connectivity index (χ1) is 8.58. The maximum absolute atomic E-state index is 12.9. The Kier molecular flexibility index (Phi) is 4.38. The van der Waals surface area contributed by atoms with Gasteiger partial charge in [-0.25, -0.2) is 0 Å². The molecular weight excluding hydrogens is 280 g/mol. The summed E-state index contributed by atoms with van der Waals surface area (Å²) in [5, 5.41) is 0. The number of amides is 1. The van der Waals surface area contributed by atoms with Gasteiger partial charge < -0.3 is 9.64 Å². The molecule has 1 saturated heterocycles. The fraction of sp³-hybridized carbons (Fsp3) is 0.900. The molecule has 0 radical (unpaired) electrons. The van der Waals surface area contributed by atoms with Crippen molar-refractivity contribution in [2.75, 3.05) is 26.3 Å². The molecule has 0 atom stereocenters. The van der Waals surface area contributed by atoms with E-state index in [1.807, 2.05) is 0 Å². The predicted octanol–water partition coefficient (Wildman–Crippen LogP) is 2.37. The molecule has 1 aliphatic rings. The topological polar surface area (TPSA) is 29.5 Å². The van der Waals surface area contributed by atoms with Crippen molar-refractivity contribution in [1.29, 1.82) is 0 Å². The van der Waals surface area contributed by atoms with Gasteiger partial charge in [-0.2, -0.15) is 26.3 Å². The summed E-state index contributed by atoms with van der Waals surface area (Å²) in [6, 6.07) is 0. The predicted molar refractivity (Wildman–Crippen MR) is 52.2 cm³/mol. The summed E-state index contributed by atoms with van der Waals surface area (Å²) in [4.78, 5) is 12.3. The Bertz CT molecular complexity index is 318. The summed E-state index contributed by atoms with van der Waals surface area (Å²) in [7, 11) is 0. The summed E-state index contributed by atoms with van der Waals surface area (Å²) >= 11 is 0. The highest BCUT2D eigenvalue weighted by molar-refractivity contribution is 5.84. The molecule has 0 aromatic rings. The first-order valence-corrected chi connectivity index (χ1v) is 5.58. The van der Waals surface area contributed by atoms with Crippen LogP contribution < -0.4 is 0 Å². The van der Waals surface area contributed by atoms with Crippen LogP contribution in [0.4, 0.5) is 26.3 Å². The molecule has 1 rings (SSSR count). The van der Waals surface area contributed by atoms with Gasteiger partial charge in [0.2, 0.25) is 11.3 Å². The smallest absolute Gasteiger partial charge is 0.378 e. The van der Waals surface area contributed by atoms with Crippen molar-refractivity contribution >= 4 is 5.91 Å². The third-order valence-corrected chi connectivity index (χ3v) is 3.16. The molecule has 0 unspecified atom stereocenters. The van der Waals surface area contributed by atoms with Crippen molar-refractivity contribution in [3.8, 4) is 0 Å². The number of alkyl halides is 6.